The van der Waals surface area contributed by atoms with E-state index in [-0.39, 0.29) is 23.5 Å². The van der Waals surface area contributed by atoms with Crippen LogP contribution in [0.4, 0.5) is 9.52 Å². The van der Waals surface area contributed by atoms with Gasteiger partial charge in [0.15, 0.2) is 5.13 Å². The first kappa shape index (κ1) is 18.8. The normalized spacial score (nSPS) is 16.9. The van der Waals surface area contributed by atoms with Gasteiger partial charge >= 0.3 is 0 Å². The maximum Gasteiger partial charge on any atom is 0.253 e. The van der Waals surface area contributed by atoms with Crippen molar-refractivity contribution in [1.29, 1.82) is 0 Å². The zero-order chi connectivity index (χ0) is 19.7. The van der Waals surface area contributed by atoms with E-state index in [1.54, 1.807) is 35.2 Å². The standard InChI is InChI=1S/C20H17ClFN3O2S/c21-14-5-3-12(4-6-14)19(27)25-9-1-2-13(11-25)18(26)24-20-23-16-8-7-15(22)10-17(16)28-20/h3-8,10,13H,1-2,9,11H2,(H,23,24,26). The van der Waals surface area contributed by atoms with Crippen molar-refractivity contribution < 1.29 is 14.0 Å². The average Bonchev–Trinajstić information content (AvgIpc) is 3.09. The molecule has 144 valence electrons. The molecule has 1 saturated heterocycles. The zero-order valence-electron chi connectivity index (χ0n) is 14.8. The Bertz CT molecular complexity index is 1040. The van der Waals surface area contributed by atoms with Gasteiger partial charge in [-0.25, -0.2) is 9.37 Å². The molecule has 2 amide bonds. The molecule has 1 aromatic heterocycles. The van der Waals surface area contributed by atoms with E-state index < -0.39 is 0 Å². The molecule has 0 radical (unpaired) electrons. The second kappa shape index (κ2) is 7.85. The summed E-state index contributed by atoms with van der Waals surface area (Å²) in [5, 5.41) is 3.83. The van der Waals surface area contributed by atoms with Crippen LogP contribution in [0, 0.1) is 11.7 Å². The number of rotatable bonds is 3. The van der Waals surface area contributed by atoms with Crippen molar-refractivity contribution in [3.05, 3.63) is 58.9 Å². The van der Waals surface area contributed by atoms with Gasteiger partial charge in [-0.15, -0.1) is 0 Å². The minimum absolute atomic E-state index is 0.107. The van der Waals surface area contributed by atoms with Crippen LogP contribution in [0.3, 0.4) is 0 Å². The number of anilines is 1. The third-order valence-electron chi connectivity index (χ3n) is 4.75. The molecular weight excluding hydrogens is 401 g/mol. The molecule has 2 heterocycles. The Kier molecular flexibility index (Phi) is 5.28. The van der Waals surface area contributed by atoms with Crippen LogP contribution in [-0.4, -0.2) is 34.8 Å². The predicted octanol–water partition coefficient (Wildman–Crippen LogP) is 4.58. The highest BCUT2D eigenvalue weighted by atomic mass is 35.5. The monoisotopic (exact) mass is 417 g/mol. The van der Waals surface area contributed by atoms with Gasteiger partial charge in [-0.3, -0.25) is 9.59 Å². The van der Waals surface area contributed by atoms with Crippen molar-refractivity contribution in [2.75, 3.05) is 18.4 Å². The fourth-order valence-electron chi connectivity index (χ4n) is 3.31. The van der Waals surface area contributed by atoms with E-state index in [0.29, 0.717) is 45.4 Å². The summed E-state index contributed by atoms with van der Waals surface area (Å²) < 4.78 is 14.0. The van der Waals surface area contributed by atoms with Crippen molar-refractivity contribution in [3.63, 3.8) is 0 Å². The maximum absolute atomic E-state index is 13.3. The fourth-order valence-corrected chi connectivity index (χ4v) is 4.33. The first-order valence-electron chi connectivity index (χ1n) is 8.91. The number of nitrogens with one attached hydrogen (secondary N) is 1. The summed E-state index contributed by atoms with van der Waals surface area (Å²) in [6.07, 6.45) is 1.46. The van der Waals surface area contributed by atoms with Gasteiger partial charge in [0, 0.05) is 23.7 Å². The van der Waals surface area contributed by atoms with Gasteiger partial charge in [0.05, 0.1) is 16.1 Å². The molecule has 1 atom stereocenters. The van der Waals surface area contributed by atoms with Gasteiger partial charge in [0.2, 0.25) is 5.91 Å². The number of fused-ring (bicyclic) bond motifs is 1. The molecule has 1 fully saturated rings. The number of benzene rings is 2. The van der Waals surface area contributed by atoms with Crippen LogP contribution >= 0.6 is 22.9 Å². The number of thiazole rings is 1. The number of carbonyl (C=O) groups excluding carboxylic acids is 2. The maximum atomic E-state index is 13.3. The molecule has 0 saturated carbocycles. The highest BCUT2D eigenvalue weighted by Crippen LogP contribution is 2.28. The fraction of sp³-hybridized carbons (Fsp3) is 0.250. The Morgan fingerprint density at radius 1 is 1.21 bits per heavy atom. The van der Waals surface area contributed by atoms with Gasteiger partial charge in [-0.05, 0) is 55.3 Å². The van der Waals surface area contributed by atoms with Crippen LogP contribution in [0.1, 0.15) is 23.2 Å². The minimum atomic E-state index is -0.335. The molecule has 1 unspecified atom stereocenters. The second-order valence-electron chi connectivity index (χ2n) is 6.72. The molecule has 28 heavy (non-hydrogen) atoms. The van der Waals surface area contributed by atoms with Crippen LogP contribution in [0.15, 0.2) is 42.5 Å². The van der Waals surface area contributed by atoms with Crippen molar-refractivity contribution in [3.8, 4) is 0 Å². The molecule has 5 nitrogen and oxygen atoms in total. The van der Waals surface area contributed by atoms with E-state index in [4.69, 9.17) is 11.6 Å². The lowest BCUT2D eigenvalue weighted by Gasteiger charge is -2.32. The molecule has 0 bridgehead atoms. The summed E-state index contributed by atoms with van der Waals surface area (Å²) in [6, 6.07) is 11.1. The third-order valence-corrected chi connectivity index (χ3v) is 5.94. The summed E-state index contributed by atoms with van der Waals surface area (Å²) in [5.74, 6) is -0.927. The van der Waals surface area contributed by atoms with Crippen molar-refractivity contribution >= 4 is 50.1 Å². The lowest BCUT2D eigenvalue weighted by molar-refractivity contribution is -0.121. The largest absolute Gasteiger partial charge is 0.338 e. The average molecular weight is 418 g/mol. The van der Waals surface area contributed by atoms with Crippen molar-refractivity contribution in [1.82, 2.24) is 9.88 Å². The molecule has 4 rings (SSSR count). The molecule has 3 aromatic rings. The summed E-state index contributed by atoms with van der Waals surface area (Å²) in [4.78, 5) is 31.4. The topological polar surface area (TPSA) is 62.3 Å². The second-order valence-corrected chi connectivity index (χ2v) is 8.18. The molecule has 0 aliphatic carbocycles. The molecule has 0 spiro atoms. The first-order chi connectivity index (χ1) is 13.5. The number of hydrogen-bond donors (Lipinski definition) is 1. The summed E-state index contributed by atoms with van der Waals surface area (Å²) >= 11 is 7.11. The Hall–Kier alpha value is -2.51. The highest BCUT2D eigenvalue weighted by Gasteiger charge is 2.29. The number of halogens is 2. The quantitative estimate of drug-likeness (QED) is 0.678. The summed E-state index contributed by atoms with van der Waals surface area (Å²) in [5.41, 5.74) is 1.20. The minimum Gasteiger partial charge on any atom is -0.338 e. The molecule has 1 aliphatic rings. The first-order valence-corrected chi connectivity index (χ1v) is 10.1. The lowest BCUT2D eigenvalue weighted by atomic mass is 9.96. The van der Waals surface area contributed by atoms with Crippen LogP contribution in [0.5, 0.6) is 0 Å². The van der Waals surface area contributed by atoms with E-state index in [9.17, 15) is 14.0 Å². The molecule has 1 aliphatic heterocycles. The highest BCUT2D eigenvalue weighted by molar-refractivity contribution is 7.22. The molecular formula is C20H17ClFN3O2S. The van der Waals surface area contributed by atoms with E-state index in [2.05, 4.69) is 10.3 Å². The van der Waals surface area contributed by atoms with Crippen LogP contribution < -0.4 is 5.32 Å². The van der Waals surface area contributed by atoms with Gasteiger partial charge in [0.1, 0.15) is 5.82 Å². The number of carbonyl (C=O) groups is 2. The van der Waals surface area contributed by atoms with Crippen LogP contribution in [0.2, 0.25) is 5.02 Å². The van der Waals surface area contributed by atoms with E-state index in [0.717, 1.165) is 6.42 Å². The SMILES string of the molecule is O=C(Nc1nc2ccc(F)cc2s1)C1CCCN(C(=O)c2ccc(Cl)cc2)C1. The summed E-state index contributed by atoms with van der Waals surface area (Å²) in [6.45, 7) is 0.971. The smallest absolute Gasteiger partial charge is 0.253 e. The van der Waals surface area contributed by atoms with Gasteiger partial charge in [-0.2, -0.15) is 0 Å². The molecule has 8 heteroatoms. The number of aromatic nitrogens is 1. The molecule has 2 aromatic carbocycles. The van der Waals surface area contributed by atoms with E-state index >= 15 is 0 Å². The van der Waals surface area contributed by atoms with Crippen molar-refractivity contribution in [2.24, 2.45) is 5.92 Å². The van der Waals surface area contributed by atoms with Crippen LogP contribution in [-0.2, 0) is 4.79 Å². The zero-order valence-corrected chi connectivity index (χ0v) is 16.4. The Morgan fingerprint density at radius 2 is 2.00 bits per heavy atom. The number of hydrogen-bond acceptors (Lipinski definition) is 4. The Balaban J connectivity index is 1.43. The van der Waals surface area contributed by atoms with Gasteiger partial charge in [0.25, 0.3) is 5.91 Å². The Morgan fingerprint density at radius 3 is 2.79 bits per heavy atom. The predicted molar refractivity (Wildman–Crippen MR) is 108 cm³/mol. The van der Waals surface area contributed by atoms with E-state index in [1.165, 1.54) is 23.5 Å². The van der Waals surface area contributed by atoms with Gasteiger partial charge in [-0.1, -0.05) is 22.9 Å². The van der Waals surface area contributed by atoms with Gasteiger partial charge < -0.3 is 10.2 Å². The number of nitrogens with zero attached hydrogens (tertiary/aromatic N) is 2. The lowest BCUT2D eigenvalue weighted by Crippen LogP contribution is -2.43. The number of amides is 2. The third kappa shape index (κ3) is 4.00. The van der Waals surface area contributed by atoms with Crippen LogP contribution in [0.25, 0.3) is 10.2 Å². The van der Waals surface area contributed by atoms with Crippen molar-refractivity contribution in [2.45, 2.75) is 12.8 Å². The Labute approximate surface area is 170 Å². The number of piperidine rings is 1. The number of likely N-dealkylation sites (tertiary alicyclic amines) is 1. The van der Waals surface area contributed by atoms with E-state index in [1.807, 2.05) is 0 Å². The summed E-state index contributed by atoms with van der Waals surface area (Å²) in [7, 11) is 0. The molecule has 1 N–H and O–H groups in total.